The molecular weight excluding hydrogens is 216 g/mol. The van der Waals surface area contributed by atoms with Crippen molar-refractivity contribution in [1.82, 2.24) is 0 Å². The third kappa shape index (κ3) is 3.43. The average molecular weight is 232 g/mol. The number of ether oxygens (including phenoxy) is 2. The van der Waals surface area contributed by atoms with Gasteiger partial charge in [-0.1, -0.05) is 30.3 Å². The van der Waals surface area contributed by atoms with Crippen molar-refractivity contribution in [3.63, 3.8) is 0 Å². The van der Waals surface area contributed by atoms with Crippen molar-refractivity contribution in [1.29, 1.82) is 0 Å². The fourth-order valence-electron chi connectivity index (χ4n) is 1.85. The van der Waals surface area contributed by atoms with Crippen molar-refractivity contribution in [2.24, 2.45) is 5.92 Å². The Morgan fingerprint density at radius 1 is 1.35 bits per heavy atom. The van der Waals surface area contributed by atoms with Crippen LogP contribution in [0.5, 0.6) is 0 Å². The third-order valence-corrected chi connectivity index (χ3v) is 2.84. The van der Waals surface area contributed by atoms with Crippen LogP contribution in [0.2, 0.25) is 0 Å². The van der Waals surface area contributed by atoms with Gasteiger partial charge in [-0.25, -0.2) is 0 Å². The smallest absolute Gasteiger partial charge is 0.120 e. The van der Waals surface area contributed by atoms with Crippen molar-refractivity contribution in [2.75, 3.05) is 6.61 Å². The molecule has 0 radical (unpaired) electrons. The zero-order valence-corrected chi connectivity index (χ0v) is 9.62. The van der Waals surface area contributed by atoms with E-state index in [1.165, 1.54) is 0 Å². The fourth-order valence-corrected chi connectivity index (χ4v) is 1.85. The molecule has 0 saturated heterocycles. The van der Waals surface area contributed by atoms with Gasteiger partial charge in [0.25, 0.3) is 0 Å². The molecule has 1 aromatic carbocycles. The molecule has 1 heterocycles. The Morgan fingerprint density at radius 2 is 2.18 bits per heavy atom. The van der Waals surface area contributed by atoms with Crippen LogP contribution >= 0.6 is 0 Å². The first-order chi connectivity index (χ1) is 8.40. The summed E-state index contributed by atoms with van der Waals surface area (Å²) in [7, 11) is 0. The van der Waals surface area contributed by atoms with Gasteiger partial charge < -0.3 is 14.3 Å². The highest BCUT2D eigenvalue weighted by Crippen LogP contribution is 2.19. The van der Waals surface area contributed by atoms with Gasteiger partial charge in [0.15, 0.2) is 0 Å². The van der Waals surface area contributed by atoms with Crippen LogP contribution in [0.1, 0.15) is 12.0 Å². The molecule has 3 nitrogen and oxygen atoms in total. The van der Waals surface area contributed by atoms with Crippen molar-refractivity contribution in [3.8, 4) is 0 Å². The fraction of sp³-hybridized carbons (Fsp3) is 0.357. The molecule has 0 saturated carbocycles. The van der Waals surface area contributed by atoms with Crippen molar-refractivity contribution in [3.05, 3.63) is 48.2 Å². The molecule has 1 aliphatic rings. The van der Waals surface area contributed by atoms with Crippen LogP contribution in [0, 0.1) is 5.92 Å². The van der Waals surface area contributed by atoms with Gasteiger partial charge >= 0.3 is 0 Å². The Morgan fingerprint density at radius 3 is 2.94 bits per heavy atom. The highest BCUT2D eigenvalue weighted by atomic mass is 16.5. The third-order valence-electron chi connectivity index (χ3n) is 2.84. The molecule has 17 heavy (non-hydrogen) atoms. The van der Waals surface area contributed by atoms with E-state index in [2.05, 4.69) is 0 Å². The molecule has 0 N–H and O–H groups in total. The molecule has 0 spiro atoms. The number of carbonyl (C=O) groups is 1. The summed E-state index contributed by atoms with van der Waals surface area (Å²) in [5, 5.41) is 0. The molecule has 0 unspecified atom stereocenters. The highest BCUT2D eigenvalue weighted by molar-refractivity contribution is 5.50. The Labute approximate surface area is 101 Å². The number of benzene rings is 1. The van der Waals surface area contributed by atoms with Crippen LogP contribution in [0.3, 0.4) is 0 Å². The lowest BCUT2D eigenvalue weighted by atomic mass is 9.98. The lowest BCUT2D eigenvalue weighted by Crippen LogP contribution is -2.30. The molecule has 90 valence electrons. The number of carbonyl (C=O) groups excluding carboxylic acids is 1. The SMILES string of the molecule is O=CC[C@@H]1C=COC[C@H]1OCc1ccccc1. The minimum absolute atomic E-state index is 0.0367. The predicted octanol–water partition coefficient (Wildman–Crippen LogP) is 2.32. The zero-order chi connectivity index (χ0) is 11.9. The summed E-state index contributed by atoms with van der Waals surface area (Å²) in [5.41, 5.74) is 1.13. The van der Waals surface area contributed by atoms with Gasteiger partial charge in [-0.2, -0.15) is 0 Å². The van der Waals surface area contributed by atoms with Crippen molar-refractivity contribution >= 4 is 6.29 Å². The summed E-state index contributed by atoms with van der Waals surface area (Å²) in [6.07, 6.45) is 4.92. The summed E-state index contributed by atoms with van der Waals surface area (Å²) in [5.74, 6) is 0.130. The maximum absolute atomic E-state index is 10.6. The summed E-state index contributed by atoms with van der Waals surface area (Å²) < 4.78 is 11.0. The Balaban J connectivity index is 1.89. The minimum atomic E-state index is -0.0367. The van der Waals surface area contributed by atoms with E-state index in [0.717, 1.165) is 11.8 Å². The van der Waals surface area contributed by atoms with E-state index in [-0.39, 0.29) is 12.0 Å². The van der Waals surface area contributed by atoms with Gasteiger partial charge in [0, 0.05) is 12.3 Å². The summed E-state index contributed by atoms with van der Waals surface area (Å²) in [6.45, 7) is 1.07. The minimum Gasteiger partial charge on any atom is -0.499 e. The molecule has 0 fully saturated rings. The van der Waals surface area contributed by atoms with Crippen LogP contribution in [-0.2, 0) is 20.9 Å². The molecule has 0 bridgehead atoms. The highest BCUT2D eigenvalue weighted by Gasteiger charge is 2.23. The summed E-state index contributed by atoms with van der Waals surface area (Å²) in [6, 6.07) is 9.99. The van der Waals surface area contributed by atoms with Gasteiger partial charge in [0.05, 0.1) is 19.0 Å². The summed E-state index contributed by atoms with van der Waals surface area (Å²) in [4.78, 5) is 10.6. The van der Waals surface area contributed by atoms with E-state index in [4.69, 9.17) is 9.47 Å². The number of hydrogen-bond acceptors (Lipinski definition) is 3. The monoisotopic (exact) mass is 232 g/mol. The maximum Gasteiger partial charge on any atom is 0.120 e. The van der Waals surface area contributed by atoms with E-state index in [0.29, 0.717) is 19.6 Å². The first-order valence-corrected chi connectivity index (χ1v) is 5.77. The van der Waals surface area contributed by atoms with E-state index >= 15 is 0 Å². The van der Waals surface area contributed by atoms with Crippen LogP contribution in [0.4, 0.5) is 0 Å². The van der Waals surface area contributed by atoms with Crippen LogP contribution in [-0.4, -0.2) is 19.0 Å². The second-order valence-electron chi connectivity index (χ2n) is 4.06. The zero-order valence-electron chi connectivity index (χ0n) is 9.62. The molecule has 2 atom stereocenters. The average Bonchev–Trinajstić information content (AvgIpc) is 2.39. The van der Waals surface area contributed by atoms with Gasteiger partial charge in [-0.3, -0.25) is 0 Å². The first kappa shape index (κ1) is 11.9. The number of hydrogen-bond donors (Lipinski definition) is 0. The Kier molecular flexibility index (Phi) is 4.33. The molecule has 1 aromatic rings. The molecular formula is C14H16O3. The number of rotatable bonds is 5. The Hall–Kier alpha value is -1.61. The van der Waals surface area contributed by atoms with Crippen molar-refractivity contribution in [2.45, 2.75) is 19.1 Å². The molecule has 0 aliphatic carbocycles. The van der Waals surface area contributed by atoms with Crippen LogP contribution < -0.4 is 0 Å². The molecule has 0 aromatic heterocycles. The number of aldehydes is 1. The van der Waals surface area contributed by atoms with E-state index < -0.39 is 0 Å². The van der Waals surface area contributed by atoms with Crippen LogP contribution in [0.25, 0.3) is 0 Å². The van der Waals surface area contributed by atoms with Crippen LogP contribution in [0.15, 0.2) is 42.7 Å². The topological polar surface area (TPSA) is 35.5 Å². The lowest BCUT2D eigenvalue weighted by Gasteiger charge is -2.26. The molecule has 0 amide bonds. The molecule has 3 heteroatoms. The first-order valence-electron chi connectivity index (χ1n) is 5.77. The normalized spacial score (nSPS) is 23.1. The second kappa shape index (κ2) is 6.21. The molecule has 2 rings (SSSR count). The van der Waals surface area contributed by atoms with E-state index in [1.54, 1.807) is 6.26 Å². The lowest BCUT2D eigenvalue weighted by molar-refractivity contribution is -0.110. The standard InChI is InChI=1S/C14H16O3/c15-8-6-13-7-9-16-11-14(13)17-10-12-4-2-1-3-5-12/h1-5,7-9,13-14H,6,10-11H2/t13-,14-/m1/s1. The summed E-state index contributed by atoms with van der Waals surface area (Å²) >= 11 is 0. The molecule has 1 aliphatic heterocycles. The second-order valence-corrected chi connectivity index (χ2v) is 4.06. The van der Waals surface area contributed by atoms with Gasteiger partial charge in [-0.15, -0.1) is 0 Å². The Bertz CT molecular complexity index is 372. The van der Waals surface area contributed by atoms with Crippen molar-refractivity contribution < 1.29 is 14.3 Å². The quantitative estimate of drug-likeness (QED) is 0.731. The largest absolute Gasteiger partial charge is 0.499 e. The van der Waals surface area contributed by atoms with E-state index in [1.807, 2.05) is 36.4 Å². The van der Waals surface area contributed by atoms with E-state index in [9.17, 15) is 4.79 Å². The van der Waals surface area contributed by atoms with Gasteiger partial charge in [0.1, 0.15) is 12.9 Å². The van der Waals surface area contributed by atoms with Gasteiger partial charge in [0.2, 0.25) is 0 Å². The van der Waals surface area contributed by atoms with Gasteiger partial charge in [-0.05, 0) is 11.6 Å². The predicted molar refractivity (Wildman–Crippen MR) is 64.3 cm³/mol. The maximum atomic E-state index is 10.6.